The summed E-state index contributed by atoms with van der Waals surface area (Å²) in [6, 6.07) is 2.92. The van der Waals surface area contributed by atoms with Crippen LogP contribution in [-0.2, 0) is 11.3 Å². The van der Waals surface area contributed by atoms with Crippen LogP contribution in [0.5, 0.6) is 11.5 Å². The molecule has 0 unspecified atom stereocenters. The number of carbonyl (C=O) groups excluding carboxylic acids is 1. The number of aromatic nitrogens is 1. The van der Waals surface area contributed by atoms with Gasteiger partial charge in [0.05, 0.1) is 14.2 Å². The van der Waals surface area contributed by atoms with Gasteiger partial charge in [-0.1, -0.05) is 6.42 Å². The minimum atomic E-state index is 0.0682. The van der Waals surface area contributed by atoms with Crippen LogP contribution >= 0.6 is 0 Å². The summed E-state index contributed by atoms with van der Waals surface area (Å²) in [4.78, 5) is 21.4. The second kappa shape index (κ2) is 8.88. The molecule has 0 saturated carbocycles. The summed E-state index contributed by atoms with van der Waals surface area (Å²) in [5.74, 6) is 2.81. The fourth-order valence-corrected chi connectivity index (χ4v) is 5.84. The normalized spacial score (nSPS) is 29.8. The Morgan fingerprint density at radius 1 is 1.24 bits per heavy atom. The second-order valence-corrected chi connectivity index (χ2v) is 8.75. The number of nitrogens with one attached hydrogen (secondary N) is 1. The van der Waals surface area contributed by atoms with E-state index in [1.807, 2.05) is 6.07 Å². The predicted octanol–water partition coefficient (Wildman–Crippen LogP) is 1.91. The molecule has 0 aliphatic carbocycles. The van der Waals surface area contributed by atoms with Crippen molar-refractivity contribution >= 4 is 5.91 Å². The molecule has 4 heterocycles. The molecule has 1 amide bonds. The Morgan fingerprint density at radius 3 is 2.83 bits per heavy atom. The lowest BCUT2D eigenvalue weighted by Gasteiger charge is -2.56. The molecule has 4 rings (SSSR count). The van der Waals surface area contributed by atoms with Gasteiger partial charge in [0.1, 0.15) is 5.69 Å². The Labute approximate surface area is 173 Å². The van der Waals surface area contributed by atoms with Gasteiger partial charge >= 0.3 is 0 Å². The Kier molecular flexibility index (Phi) is 6.25. The van der Waals surface area contributed by atoms with Crippen molar-refractivity contribution < 1.29 is 14.3 Å². The molecule has 1 N–H and O–H groups in total. The maximum Gasteiger partial charge on any atom is 0.216 e. The monoisotopic (exact) mass is 402 g/mol. The van der Waals surface area contributed by atoms with Gasteiger partial charge < -0.3 is 14.8 Å². The highest BCUT2D eigenvalue weighted by Gasteiger charge is 2.47. The molecule has 29 heavy (non-hydrogen) atoms. The number of carbonyl (C=O) groups is 1. The number of rotatable bonds is 6. The van der Waals surface area contributed by atoms with E-state index in [0.29, 0.717) is 23.9 Å². The molecule has 3 aliphatic heterocycles. The summed E-state index contributed by atoms with van der Waals surface area (Å²) in [6.07, 6.45) is 6.94. The van der Waals surface area contributed by atoms with Gasteiger partial charge in [0.15, 0.2) is 11.5 Å². The topological polar surface area (TPSA) is 66.9 Å². The SMILES string of the molecule is COc1ccnc(CN2C[C@H]3C[C@@H](C2)[C@H](CNC(C)=O)N2CCCC[C@@H]32)c1OC. The van der Waals surface area contributed by atoms with E-state index >= 15 is 0 Å². The number of hydrogen-bond donors (Lipinski definition) is 1. The zero-order chi connectivity index (χ0) is 20.4. The number of hydrogen-bond acceptors (Lipinski definition) is 6. The van der Waals surface area contributed by atoms with Crippen LogP contribution < -0.4 is 14.8 Å². The predicted molar refractivity (Wildman–Crippen MR) is 111 cm³/mol. The van der Waals surface area contributed by atoms with Crippen molar-refractivity contribution in [2.45, 2.75) is 51.2 Å². The van der Waals surface area contributed by atoms with Crippen molar-refractivity contribution in [3.05, 3.63) is 18.0 Å². The molecular formula is C22H34N4O3. The lowest BCUT2D eigenvalue weighted by Crippen LogP contribution is -2.65. The average Bonchev–Trinajstić information content (AvgIpc) is 2.73. The standard InChI is InChI=1S/C22H34N4O3/c1-15(27)24-11-20-17-10-16(19-6-4-5-9-26(19)20)12-25(13-17)14-18-22(29-3)21(28-2)7-8-23-18/h7-8,16-17,19-20H,4-6,9-14H2,1-3H3,(H,24,27)/t16-,17+,19+,20+/m1/s1. The molecule has 3 saturated heterocycles. The molecule has 0 radical (unpaired) electrons. The molecular weight excluding hydrogens is 368 g/mol. The number of fused-ring (bicyclic) bond motifs is 4. The minimum Gasteiger partial charge on any atom is -0.493 e. The van der Waals surface area contributed by atoms with E-state index in [1.165, 1.54) is 32.2 Å². The van der Waals surface area contributed by atoms with Crippen LogP contribution in [0.15, 0.2) is 12.3 Å². The van der Waals surface area contributed by atoms with E-state index in [9.17, 15) is 4.79 Å². The maximum absolute atomic E-state index is 11.6. The van der Waals surface area contributed by atoms with E-state index < -0.39 is 0 Å². The zero-order valence-corrected chi connectivity index (χ0v) is 17.9. The molecule has 1 aromatic rings. The molecule has 3 fully saturated rings. The molecule has 2 bridgehead atoms. The van der Waals surface area contributed by atoms with E-state index in [-0.39, 0.29) is 5.91 Å². The van der Waals surface area contributed by atoms with Crippen molar-refractivity contribution in [1.82, 2.24) is 20.1 Å². The van der Waals surface area contributed by atoms with Gasteiger partial charge in [-0.3, -0.25) is 19.6 Å². The average molecular weight is 403 g/mol. The highest BCUT2D eigenvalue weighted by molar-refractivity contribution is 5.72. The maximum atomic E-state index is 11.6. The Hall–Kier alpha value is -1.86. The third kappa shape index (κ3) is 4.21. The van der Waals surface area contributed by atoms with Crippen LogP contribution in [0.2, 0.25) is 0 Å². The summed E-state index contributed by atoms with van der Waals surface area (Å²) in [6.45, 7) is 6.46. The summed E-state index contributed by atoms with van der Waals surface area (Å²) in [5, 5.41) is 3.10. The van der Waals surface area contributed by atoms with Gasteiger partial charge in [0.2, 0.25) is 5.91 Å². The number of methoxy groups -OCH3 is 2. The molecule has 1 aromatic heterocycles. The Bertz CT molecular complexity index is 728. The summed E-state index contributed by atoms with van der Waals surface area (Å²) in [5.41, 5.74) is 0.936. The van der Waals surface area contributed by atoms with Crippen molar-refractivity contribution in [3.8, 4) is 11.5 Å². The van der Waals surface area contributed by atoms with Gasteiger partial charge in [-0.05, 0) is 37.6 Å². The molecule has 7 heteroatoms. The summed E-state index contributed by atoms with van der Waals surface area (Å²) < 4.78 is 11.1. The first-order valence-corrected chi connectivity index (χ1v) is 10.9. The molecule has 3 aliphatic rings. The third-order valence-electron chi connectivity index (χ3n) is 7.00. The van der Waals surface area contributed by atoms with Crippen LogP contribution in [0, 0.1) is 11.8 Å². The smallest absolute Gasteiger partial charge is 0.216 e. The van der Waals surface area contributed by atoms with Gasteiger partial charge in [0.25, 0.3) is 0 Å². The zero-order valence-electron chi connectivity index (χ0n) is 17.9. The van der Waals surface area contributed by atoms with Gasteiger partial charge in [0, 0.05) is 57.4 Å². The lowest BCUT2D eigenvalue weighted by atomic mass is 9.72. The molecule has 7 nitrogen and oxygen atoms in total. The van der Waals surface area contributed by atoms with E-state index in [0.717, 1.165) is 43.4 Å². The van der Waals surface area contributed by atoms with Crippen LogP contribution in [0.3, 0.4) is 0 Å². The van der Waals surface area contributed by atoms with Crippen LogP contribution in [0.1, 0.15) is 38.3 Å². The quantitative estimate of drug-likeness (QED) is 0.784. The van der Waals surface area contributed by atoms with Crippen molar-refractivity contribution in [2.75, 3.05) is 40.4 Å². The fraction of sp³-hybridized carbons (Fsp3) is 0.727. The van der Waals surface area contributed by atoms with Crippen LogP contribution in [0.4, 0.5) is 0 Å². The van der Waals surface area contributed by atoms with Crippen molar-refractivity contribution in [2.24, 2.45) is 11.8 Å². The summed E-state index contributed by atoms with van der Waals surface area (Å²) >= 11 is 0. The molecule has 160 valence electrons. The minimum absolute atomic E-state index is 0.0682. The first-order chi connectivity index (χ1) is 14.1. The second-order valence-electron chi connectivity index (χ2n) is 8.75. The van der Waals surface area contributed by atoms with Gasteiger partial charge in [-0.15, -0.1) is 0 Å². The van der Waals surface area contributed by atoms with Gasteiger partial charge in [-0.25, -0.2) is 0 Å². The number of piperidine rings is 3. The number of likely N-dealkylation sites (tertiary alicyclic amines) is 1. The number of amides is 1. The number of pyridine rings is 1. The highest BCUT2D eigenvalue weighted by Crippen LogP contribution is 2.41. The van der Waals surface area contributed by atoms with E-state index in [4.69, 9.17) is 9.47 Å². The number of ether oxygens (including phenoxy) is 2. The lowest BCUT2D eigenvalue weighted by molar-refractivity contribution is -0.120. The largest absolute Gasteiger partial charge is 0.493 e. The molecule has 0 spiro atoms. The molecule has 4 atom stereocenters. The highest BCUT2D eigenvalue weighted by atomic mass is 16.5. The fourth-order valence-electron chi connectivity index (χ4n) is 5.84. The Morgan fingerprint density at radius 2 is 2.07 bits per heavy atom. The Balaban J connectivity index is 1.53. The van der Waals surface area contributed by atoms with Gasteiger partial charge in [-0.2, -0.15) is 0 Å². The van der Waals surface area contributed by atoms with Crippen LogP contribution in [0.25, 0.3) is 0 Å². The van der Waals surface area contributed by atoms with E-state index in [2.05, 4.69) is 20.1 Å². The number of nitrogens with zero attached hydrogens (tertiary/aromatic N) is 3. The van der Waals surface area contributed by atoms with Crippen molar-refractivity contribution in [1.29, 1.82) is 0 Å². The first kappa shape index (κ1) is 20.4. The molecule has 0 aromatic carbocycles. The van der Waals surface area contributed by atoms with E-state index in [1.54, 1.807) is 27.3 Å². The van der Waals surface area contributed by atoms with Crippen molar-refractivity contribution in [3.63, 3.8) is 0 Å². The van der Waals surface area contributed by atoms with Crippen LogP contribution in [-0.4, -0.2) is 73.2 Å². The summed E-state index contributed by atoms with van der Waals surface area (Å²) in [7, 11) is 3.34. The first-order valence-electron chi connectivity index (χ1n) is 10.9. The third-order valence-corrected chi connectivity index (χ3v) is 7.00.